The molecule has 2 unspecified atom stereocenters. The van der Waals surface area contributed by atoms with Crippen molar-refractivity contribution in [3.63, 3.8) is 0 Å². The lowest BCUT2D eigenvalue weighted by molar-refractivity contribution is -0.161. The summed E-state index contributed by atoms with van der Waals surface area (Å²) in [5, 5.41) is 20.9. The predicted octanol–water partition coefficient (Wildman–Crippen LogP) is 10.1. The molecule has 0 radical (unpaired) electrons. The van der Waals surface area contributed by atoms with Crippen LogP contribution in [-0.4, -0.2) is 91.5 Å². The molecule has 0 bridgehead atoms. The van der Waals surface area contributed by atoms with E-state index in [0.717, 1.165) is 87.8 Å². The number of aliphatic hydroxyl groups is 2. The largest absolute Gasteiger partial charge is 0.481 e. The summed E-state index contributed by atoms with van der Waals surface area (Å²) in [6.45, 7) is 1.86. The first-order valence-corrected chi connectivity index (χ1v) is 28.9. The third kappa shape index (κ3) is 32.0. The number of nitrogen functional groups attached to an aromatic ring is 1. The first kappa shape index (κ1) is 65.0. The second kappa shape index (κ2) is 39.3. The number of hydrogen-bond acceptors (Lipinski definition) is 16. The fourth-order valence-electron chi connectivity index (χ4n) is 7.18. The van der Waals surface area contributed by atoms with Crippen molar-refractivity contribution in [2.45, 2.75) is 192 Å². The van der Waals surface area contributed by atoms with Gasteiger partial charge in [0.25, 0.3) is 0 Å². The molecule has 7 atom stereocenters. The fraction of sp³-hybridized carbons (Fsp3) is 0.635. The molecule has 0 amide bonds. The number of ketones is 1. The van der Waals surface area contributed by atoms with Crippen LogP contribution >= 0.6 is 15.6 Å². The molecule has 73 heavy (non-hydrogen) atoms. The fourth-order valence-corrected chi connectivity index (χ4v) is 9.29. The molecule has 412 valence electrons. The molecule has 6 N–H and O–H groups in total. The van der Waals surface area contributed by atoms with Gasteiger partial charge in [-0.15, -0.1) is 0 Å². The summed E-state index contributed by atoms with van der Waals surface area (Å²) in [7, 11) is -10.9. The summed E-state index contributed by atoms with van der Waals surface area (Å²) in [6.07, 6.45) is 36.9. The van der Waals surface area contributed by atoms with Crippen molar-refractivity contribution in [3.05, 3.63) is 95.7 Å². The maximum absolute atomic E-state index is 12.9. The van der Waals surface area contributed by atoms with Crippen molar-refractivity contribution in [3.8, 4) is 0 Å². The average Bonchev–Trinajstić information content (AvgIpc) is 3.62. The summed E-state index contributed by atoms with van der Waals surface area (Å²) in [4.78, 5) is 74.3. The van der Waals surface area contributed by atoms with Crippen LogP contribution in [0, 0.1) is 0 Å². The number of ether oxygens (including phenoxy) is 3. The van der Waals surface area contributed by atoms with E-state index in [0.29, 0.717) is 6.42 Å². The molecule has 19 nitrogen and oxygen atoms in total. The highest BCUT2D eigenvalue weighted by Gasteiger charge is 2.46. The van der Waals surface area contributed by atoms with E-state index in [9.17, 15) is 48.3 Å². The molecule has 2 heterocycles. The van der Waals surface area contributed by atoms with E-state index in [1.54, 1.807) is 12.2 Å². The number of nitrogens with zero attached hydrogens (tertiary/aromatic N) is 2. The molecule has 1 aliphatic heterocycles. The number of phosphoric ester groups is 2. The van der Waals surface area contributed by atoms with Gasteiger partial charge in [-0.1, -0.05) is 138 Å². The van der Waals surface area contributed by atoms with E-state index in [4.69, 9.17) is 29.0 Å². The van der Waals surface area contributed by atoms with Crippen molar-refractivity contribution >= 4 is 39.2 Å². The minimum absolute atomic E-state index is 0.0122. The zero-order valence-electron chi connectivity index (χ0n) is 42.9. The molecule has 1 saturated heterocycles. The van der Waals surface area contributed by atoms with Gasteiger partial charge in [-0.2, -0.15) is 9.29 Å². The number of esters is 2. The lowest BCUT2D eigenvalue weighted by Crippen LogP contribution is -2.36. The third-order valence-corrected chi connectivity index (χ3v) is 13.8. The maximum atomic E-state index is 12.9. The van der Waals surface area contributed by atoms with Crippen molar-refractivity contribution in [2.75, 3.05) is 25.6 Å². The summed E-state index contributed by atoms with van der Waals surface area (Å²) in [5.41, 5.74) is 4.57. The van der Waals surface area contributed by atoms with Gasteiger partial charge in [0.1, 0.15) is 30.7 Å². The summed E-state index contributed by atoms with van der Waals surface area (Å²) < 4.78 is 56.6. The number of aliphatic hydroxyl groups excluding tert-OH is 2. The highest BCUT2D eigenvalue weighted by atomic mass is 31.3. The Bertz CT molecular complexity index is 2070. The van der Waals surface area contributed by atoms with Gasteiger partial charge >= 0.3 is 33.3 Å². The third-order valence-electron chi connectivity index (χ3n) is 11.2. The monoisotopic (exact) mass is 1070 g/mol. The van der Waals surface area contributed by atoms with E-state index >= 15 is 0 Å². The van der Waals surface area contributed by atoms with Crippen molar-refractivity contribution in [1.29, 1.82) is 0 Å². The van der Waals surface area contributed by atoms with Gasteiger partial charge in [0.2, 0.25) is 0 Å². The maximum Gasteiger partial charge on any atom is 0.481 e. The Kier molecular flexibility index (Phi) is 35.0. The minimum Gasteiger partial charge on any atom is -0.462 e. The van der Waals surface area contributed by atoms with Crippen LogP contribution in [0.5, 0.6) is 0 Å². The zero-order valence-corrected chi connectivity index (χ0v) is 44.7. The Hall–Kier alpha value is -4.13. The Balaban J connectivity index is 1.85. The molecule has 2 rings (SSSR count). The first-order valence-electron chi connectivity index (χ1n) is 25.9. The van der Waals surface area contributed by atoms with E-state index in [-0.39, 0.29) is 37.3 Å². The van der Waals surface area contributed by atoms with Crippen LogP contribution in [0.1, 0.15) is 168 Å². The number of aromatic nitrogens is 2. The van der Waals surface area contributed by atoms with Crippen LogP contribution in [0.3, 0.4) is 0 Å². The predicted molar refractivity (Wildman–Crippen MR) is 280 cm³/mol. The molecule has 1 aromatic heterocycles. The van der Waals surface area contributed by atoms with Crippen molar-refractivity contribution < 1.29 is 71.1 Å². The SMILES string of the molecule is CCCCC/C=C\C/C=C\C/C=C\C=C\C(=O)CCCC(=O)OC[C@H](COP(=O)(O)OP(=O)(O)OC[C@H]1O[C@@H](n2ccc(N)nc2=O)[C@H](O)[C@@H]1O)OC(=O)CCCCCCCCC/C=C\C/C=C\CCCCC. The lowest BCUT2D eigenvalue weighted by Gasteiger charge is -2.21. The normalized spacial score (nSPS) is 19.5. The number of allylic oxidation sites excluding steroid dienone is 12. The quantitative estimate of drug-likeness (QED) is 0.0102. The summed E-state index contributed by atoms with van der Waals surface area (Å²) >= 11 is 0. The molecule has 1 fully saturated rings. The van der Waals surface area contributed by atoms with Crippen LogP contribution < -0.4 is 11.4 Å². The molecular weight excluding hydrogens is 985 g/mol. The number of carbonyl (C=O) groups is 3. The van der Waals surface area contributed by atoms with E-state index in [1.165, 1.54) is 50.7 Å². The van der Waals surface area contributed by atoms with Gasteiger partial charge in [-0.25, -0.2) is 13.9 Å². The highest BCUT2D eigenvalue weighted by Crippen LogP contribution is 2.60. The van der Waals surface area contributed by atoms with Crippen LogP contribution in [-0.2, 0) is 51.1 Å². The number of phosphoric acid groups is 2. The number of nitrogens with two attached hydrogens (primary N) is 1. The van der Waals surface area contributed by atoms with Gasteiger partial charge in [0, 0.05) is 25.5 Å². The van der Waals surface area contributed by atoms with E-state index in [2.05, 4.69) is 65.7 Å². The summed E-state index contributed by atoms with van der Waals surface area (Å²) in [5.74, 6) is -1.78. The highest BCUT2D eigenvalue weighted by molar-refractivity contribution is 7.61. The number of rotatable bonds is 42. The molecule has 0 aliphatic carbocycles. The van der Waals surface area contributed by atoms with Gasteiger partial charge < -0.3 is 39.9 Å². The van der Waals surface area contributed by atoms with Gasteiger partial charge in [0.15, 0.2) is 18.1 Å². The Morgan fingerprint density at radius 2 is 1.25 bits per heavy atom. The smallest absolute Gasteiger partial charge is 0.462 e. The second-order valence-electron chi connectivity index (χ2n) is 17.7. The lowest BCUT2D eigenvalue weighted by atomic mass is 10.1. The summed E-state index contributed by atoms with van der Waals surface area (Å²) in [6, 6.07) is 1.23. The standard InChI is InChI=1S/C52H83N3O16P2/c1-3-5-7-9-11-13-15-17-18-19-20-22-24-26-28-30-32-36-48(58)69-44(40-66-47(57)37-33-35-43(56)34-31-29-27-25-23-21-16-14-12-10-8-6-4-2)41-67-72(62,63)71-73(64,65)68-42-45-49(59)50(60)51(70-45)55-39-38-46(53)54-52(55)61/h11-14,17-18,21,23,27,29,31,34,38-39,44-45,49-51,59-60H,3-10,15-16,19-20,22,24-26,28,30,32-33,35-37,40-42H2,1-2H3,(H,62,63)(H,64,65)(H2,53,54,61)/b13-11-,14-12-,18-17-,23-21-,29-27-,34-31+/t44-,45-,49-,50-,51-/m1/s1. The number of anilines is 1. The van der Waals surface area contributed by atoms with Crippen LogP contribution in [0.4, 0.5) is 5.82 Å². The van der Waals surface area contributed by atoms with E-state index < -0.39 is 83.7 Å². The van der Waals surface area contributed by atoms with Crippen LogP contribution in [0.15, 0.2) is 90.0 Å². The first-order chi connectivity index (χ1) is 35.1. The van der Waals surface area contributed by atoms with Gasteiger partial charge in [-0.05, 0) is 82.8 Å². The molecule has 1 aliphatic rings. The Labute approximate surface area is 431 Å². The molecule has 0 saturated carbocycles. The van der Waals surface area contributed by atoms with Crippen LogP contribution in [0.2, 0.25) is 0 Å². The number of unbranched alkanes of at least 4 members (excludes halogenated alkanes) is 13. The van der Waals surface area contributed by atoms with Gasteiger partial charge in [-0.3, -0.25) is 28.0 Å². The Morgan fingerprint density at radius 3 is 1.86 bits per heavy atom. The van der Waals surface area contributed by atoms with E-state index in [1.807, 2.05) is 12.2 Å². The number of carbonyl (C=O) groups excluding carboxylic acids is 3. The molecule has 1 aromatic rings. The average molecular weight is 1070 g/mol. The number of hydrogen-bond donors (Lipinski definition) is 5. The molecule has 0 aromatic carbocycles. The second-order valence-corrected chi connectivity index (χ2v) is 20.7. The van der Waals surface area contributed by atoms with Crippen LogP contribution in [0.25, 0.3) is 0 Å². The van der Waals surface area contributed by atoms with Gasteiger partial charge in [0.05, 0.1) is 13.2 Å². The van der Waals surface area contributed by atoms with Crippen molar-refractivity contribution in [1.82, 2.24) is 9.55 Å². The molecule has 21 heteroatoms. The minimum atomic E-state index is -5.48. The zero-order chi connectivity index (χ0) is 53.6. The molecular formula is C52H83N3O16P2. The topological polar surface area (TPSA) is 283 Å². The molecule has 0 spiro atoms. The Morgan fingerprint density at radius 1 is 0.699 bits per heavy atom. The van der Waals surface area contributed by atoms with Crippen molar-refractivity contribution in [2.24, 2.45) is 0 Å².